The minimum atomic E-state index is -0.224. The summed E-state index contributed by atoms with van der Waals surface area (Å²) >= 11 is 0. The van der Waals surface area contributed by atoms with Crippen molar-refractivity contribution >= 4 is 6.09 Å². The molecule has 0 bridgehead atoms. The van der Waals surface area contributed by atoms with Crippen molar-refractivity contribution in [3.05, 3.63) is 0 Å². The van der Waals surface area contributed by atoms with E-state index in [2.05, 4.69) is 13.8 Å². The van der Waals surface area contributed by atoms with Crippen LogP contribution in [0, 0.1) is 5.92 Å². The average Bonchev–Trinajstić information content (AvgIpc) is 2.11. The van der Waals surface area contributed by atoms with E-state index in [-0.39, 0.29) is 6.09 Å². The molecule has 0 saturated heterocycles. The summed E-state index contributed by atoms with van der Waals surface area (Å²) in [7, 11) is 1.74. The molecular weight excluding hydrogens is 154 g/mol. The van der Waals surface area contributed by atoms with Crippen LogP contribution in [0.25, 0.3) is 0 Å². The topological polar surface area (TPSA) is 29.5 Å². The third kappa shape index (κ3) is 4.21. The van der Waals surface area contributed by atoms with Gasteiger partial charge in [0.2, 0.25) is 0 Å². The van der Waals surface area contributed by atoms with E-state index in [9.17, 15) is 4.79 Å². The van der Waals surface area contributed by atoms with Gasteiger partial charge in [-0.1, -0.05) is 20.3 Å². The maximum atomic E-state index is 11.1. The Balaban J connectivity index is 3.56. The Morgan fingerprint density at radius 3 is 2.50 bits per heavy atom. The van der Waals surface area contributed by atoms with Crippen molar-refractivity contribution < 1.29 is 9.53 Å². The molecule has 0 saturated carbocycles. The largest absolute Gasteiger partial charge is 0.449 e. The lowest BCUT2D eigenvalue weighted by atomic mass is 10.1. The van der Waals surface area contributed by atoms with E-state index >= 15 is 0 Å². The molecule has 1 amide bonds. The van der Waals surface area contributed by atoms with Crippen molar-refractivity contribution in [3.63, 3.8) is 0 Å². The van der Waals surface area contributed by atoms with Crippen molar-refractivity contribution in [1.82, 2.24) is 4.90 Å². The number of carbonyl (C=O) groups excluding carboxylic acids is 1. The smallest absolute Gasteiger partial charge is 0.409 e. The first kappa shape index (κ1) is 11.3. The highest BCUT2D eigenvalue weighted by atomic mass is 16.6. The lowest BCUT2D eigenvalue weighted by Gasteiger charge is -2.16. The number of hydrogen-bond donors (Lipinski definition) is 0. The van der Waals surface area contributed by atoms with Gasteiger partial charge >= 0.3 is 6.09 Å². The Hall–Kier alpha value is -0.730. The monoisotopic (exact) mass is 173 g/mol. The van der Waals surface area contributed by atoms with Crippen LogP contribution in [-0.4, -0.2) is 31.2 Å². The molecule has 0 aliphatic carbocycles. The van der Waals surface area contributed by atoms with Crippen LogP contribution in [0.4, 0.5) is 4.79 Å². The Morgan fingerprint density at radius 1 is 1.50 bits per heavy atom. The van der Waals surface area contributed by atoms with Gasteiger partial charge in [-0.15, -0.1) is 0 Å². The maximum absolute atomic E-state index is 11.1. The van der Waals surface area contributed by atoms with Crippen LogP contribution in [0.3, 0.4) is 0 Å². The zero-order chi connectivity index (χ0) is 9.56. The van der Waals surface area contributed by atoms with Crippen molar-refractivity contribution in [2.75, 3.05) is 20.2 Å². The van der Waals surface area contributed by atoms with Gasteiger partial charge in [0.15, 0.2) is 0 Å². The fourth-order valence-electron chi connectivity index (χ4n) is 0.571. The number of amides is 1. The third-order valence-electron chi connectivity index (χ3n) is 1.97. The molecule has 0 aromatic rings. The van der Waals surface area contributed by atoms with Gasteiger partial charge in [0.1, 0.15) is 0 Å². The summed E-state index contributed by atoms with van der Waals surface area (Å²) in [4.78, 5) is 12.7. The molecule has 1 unspecified atom stereocenters. The van der Waals surface area contributed by atoms with Gasteiger partial charge in [0.25, 0.3) is 0 Å². The van der Waals surface area contributed by atoms with E-state index < -0.39 is 0 Å². The van der Waals surface area contributed by atoms with E-state index in [0.717, 1.165) is 6.42 Å². The Labute approximate surface area is 74.7 Å². The van der Waals surface area contributed by atoms with Crippen LogP contribution in [-0.2, 0) is 4.74 Å². The van der Waals surface area contributed by atoms with Gasteiger partial charge in [-0.05, 0) is 12.8 Å². The third-order valence-corrected chi connectivity index (χ3v) is 1.97. The van der Waals surface area contributed by atoms with Crippen LogP contribution in [0.2, 0.25) is 0 Å². The van der Waals surface area contributed by atoms with Crippen molar-refractivity contribution in [2.45, 2.75) is 27.2 Å². The van der Waals surface area contributed by atoms with Crippen LogP contribution >= 0.6 is 0 Å². The molecule has 3 nitrogen and oxygen atoms in total. The lowest BCUT2D eigenvalue weighted by Crippen LogP contribution is -2.28. The molecule has 0 aliphatic rings. The lowest BCUT2D eigenvalue weighted by molar-refractivity contribution is 0.0984. The van der Waals surface area contributed by atoms with Crippen LogP contribution in [0.1, 0.15) is 27.2 Å². The van der Waals surface area contributed by atoms with Crippen LogP contribution in [0.5, 0.6) is 0 Å². The van der Waals surface area contributed by atoms with E-state index in [1.54, 1.807) is 11.9 Å². The Morgan fingerprint density at radius 2 is 2.08 bits per heavy atom. The number of carbonyl (C=O) groups is 1. The van der Waals surface area contributed by atoms with Crippen molar-refractivity contribution in [2.24, 2.45) is 5.92 Å². The van der Waals surface area contributed by atoms with E-state index in [1.165, 1.54) is 0 Å². The van der Waals surface area contributed by atoms with Gasteiger partial charge in [0.05, 0.1) is 6.61 Å². The van der Waals surface area contributed by atoms with E-state index in [4.69, 9.17) is 4.74 Å². The summed E-state index contributed by atoms with van der Waals surface area (Å²) < 4.78 is 5.03. The fourth-order valence-corrected chi connectivity index (χ4v) is 0.571. The summed E-state index contributed by atoms with van der Waals surface area (Å²) in [5, 5.41) is 0. The highest BCUT2D eigenvalue weighted by Crippen LogP contribution is 2.01. The summed E-state index contributed by atoms with van der Waals surface area (Å²) in [6, 6.07) is 0. The second-order valence-electron chi connectivity index (χ2n) is 3.10. The highest BCUT2D eigenvalue weighted by Gasteiger charge is 2.08. The van der Waals surface area contributed by atoms with Gasteiger partial charge in [-0.25, -0.2) is 4.79 Å². The van der Waals surface area contributed by atoms with Crippen LogP contribution in [0.15, 0.2) is 0 Å². The van der Waals surface area contributed by atoms with Crippen molar-refractivity contribution in [1.29, 1.82) is 0 Å². The molecule has 1 atom stereocenters. The maximum Gasteiger partial charge on any atom is 0.409 e. The van der Waals surface area contributed by atoms with Gasteiger partial charge in [-0.3, -0.25) is 0 Å². The zero-order valence-electron chi connectivity index (χ0n) is 8.46. The highest BCUT2D eigenvalue weighted by molar-refractivity contribution is 5.67. The van der Waals surface area contributed by atoms with Crippen LogP contribution < -0.4 is 0 Å². The molecule has 12 heavy (non-hydrogen) atoms. The molecule has 0 spiro atoms. The van der Waals surface area contributed by atoms with Gasteiger partial charge in [-0.2, -0.15) is 0 Å². The standard InChI is InChI=1S/C9H19NO2/c1-5-8(3)7-12-9(11)10(4)6-2/h8H,5-7H2,1-4H3. The molecule has 0 aromatic carbocycles. The molecule has 72 valence electrons. The molecular formula is C9H19NO2. The molecule has 0 heterocycles. The summed E-state index contributed by atoms with van der Waals surface area (Å²) in [5.74, 6) is 0.458. The Bertz CT molecular complexity index is 136. The predicted octanol–water partition coefficient (Wildman–Crippen LogP) is 2.12. The SMILES string of the molecule is CCC(C)COC(=O)N(C)CC. The minimum absolute atomic E-state index is 0.224. The molecule has 3 heteroatoms. The molecule has 0 rings (SSSR count). The number of nitrogens with zero attached hydrogens (tertiary/aromatic N) is 1. The van der Waals surface area contributed by atoms with Crippen molar-refractivity contribution in [3.8, 4) is 0 Å². The number of hydrogen-bond acceptors (Lipinski definition) is 2. The normalized spacial score (nSPS) is 12.3. The fraction of sp³-hybridized carbons (Fsp3) is 0.889. The zero-order valence-corrected chi connectivity index (χ0v) is 8.46. The molecule has 0 aromatic heterocycles. The van der Waals surface area contributed by atoms with E-state index in [0.29, 0.717) is 19.1 Å². The molecule has 0 N–H and O–H groups in total. The van der Waals surface area contributed by atoms with Gasteiger partial charge in [0, 0.05) is 13.6 Å². The number of rotatable bonds is 4. The first-order valence-corrected chi connectivity index (χ1v) is 4.49. The Kier molecular flexibility index (Phi) is 5.51. The van der Waals surface area contributed by atoms with Gasteiger partial charge < -0.3 is 9.64 Å². The first-order valence-electron chi connectivity index (χ1n) is 4.49. The second kappa shape index (κ2) is 5.86. The summed E-state index contributed by atoms with van der Waals surface area (Å²) in [5.41, 5.74) is 0. The predicted molar refractivity (Wildman–Crippen MR) is 49.1 cm³/mol. The second-order valence-corrected chi connectivity index (χ2v) is 3.10. The van der Waals surface area contributed by atoms with E-state index in [1.807, 2.05) is 6.92 Å². The average molecular weight is 173 g/mol. The molecule has 0 fully saturated rings. The minimum Gasteiger partial charge on any atom is -0.449 e. The molecule has 0 radical (unpaired) electrons. The summed E-state index contributed by atoms with van der Waals surface area (Å²) in [6.07, 6.45) is 0.821. The number of ether oxygens (including phenoxy) is 1. The quantitative estimate of drug-likeness (QED) is 0.651. The first-order chi connectivity index (χ1) is 5.61. The molecule has 0 aliphatic heterocycles. The summed E-state index contributed by atoms with van der Waals surface area (Å²) in [6.45, 7) is 7.30.